The van der Waals surface area contributed by atoms with Gasteiger partial charge in [-0.15, -0.1) is 0 Å². The summed E-state index contributed by atoms with van der Waals surface area (Å²) in [4.78, 5) is 24.9. The summed E-state index contributed by atoms with van der Waals surface area (Å²) >= 11 is 0. The van der Waals surface area contributed by atoms with Gasteiger partial charge in [-0.2, -0.15) is 0 Å². The van der Waals surface area contributed by atoms with Gasteiger partial charge >= 0.3 is 0 Å². The maximum absolute atomic E-state index is 13.5. The highest BCUT2D eigenvalue weighted by Gasteiger charge is 2.27. The van der Waals surface area contributed by atoms with E-state index < -0.39 is 0 Å². The molecule has 7 heteroatoms. The molecule has 2 fully saturated rings. The van der Waals surface area contributed by atoms with Gasteiger partial charge < -0.3 is 24.2 Å². The molecular weight excluding hydrogens is 404 g/mol. The Bertz CT molecular complexity index is 948. The van der Waals surface area contributed by atoms with Crippen LogP contribution in [0, 0.1) is 0 Å². The largest absolute Gasteiger partial charge is 0.496 e. The zero-order valence-electron chi connectivity index (χ0n) is 19.6. The maximum atomic E-state index is 13.5. The van der Waals surface area contributed by atoms with E-state index in [1.54, 1.807) is 7.11 Å². The molecule has 172 valence electrons. The SMILES string of the molecule is COc1ccc(C(C)C)cc1-c1ccc(C(=O)N2CCN(C)CC2)c(N2CCOCC2)n1. The first-order chi connectivity index (χ1) is 15.5. The fraction of sp³-hybridized carbons (Fsp3) is 0.520. The van der Waals surface area contributed by atoms with Crippen molar-refractivity contribution in [2.45, 2.75) is 19.8 Å². The third-order valence-corrected chi connectivity index (χ3v) is 6.37. The predicted octanol–water partition coefficient (Wildman–Crippen LogP) is 3.10. The van der Waals surface area contributed by atoms with Crippen LogP contribution < -0.4 is 9.64 Å². The molecule has 0 spiro atoms. The Kier molecular flexibility index (Phi) is 6.96. The number of methoxy groups -OCH3 is 1. The Hall–Kier alpha value is -2.64. The lowest BCUT2D eigenvalue weighted by Gasteiger charge is -2.34. The summed E-state index contributed by atoms with van der Waals surface area (Å²) in [6, 6.07) is 10.1. The highest BCUT2D eigenvalue weighted by Crippen LogP contribution is 2.34. The molecule has 0 saturated carbocycles. The number of carbonyl (C=O) groups excluding carboxylic acids is 1. The molecule has 0 aliphatic carbocycles. The molecule has 1 aromatic heterocycles. The van der Waals surface area contributed by atoms with Crippen LogP contribution in [0.15, 0.2) is 30.3 Å². The Morgan fingerprint density at radius 3 is 2.41 bits per heavy atom. The number of ether oxygens (including phenoxy) is 2. The molecule has 2 saturated heterocycles. The molecule has 4 rings (SSSR count). The van der Waals surface area contributed by atoms with Gasteiger partial charge in [0.05, 0.1) is 31.6 Å². The number of anilines is 1. The zero-order valence-corrected chi connectivity index (χ0v) is 19.6. The number of carbonyl (C=O) groups is 1. The number of likely N-dealkylation sites (N-methyl/N-ethyl adjacent to an activating group) is 1. The highest BCUT2D eigenvalue weighted by atomic mass is 16.5. The summed E-state index contributed by atoms with van der Waals surface area (Å²) < 4.78 is 11.2. The van der Waals surface area contributed by atoms with E-state index in [9.17, 15) is 4.79 Å². The summed E-state index contributed by atoms with van der Waals surface area (Å²) in [6.45, 7) is 10.3. The second-order valence-electron chi connectivity index (χ2n) is 8.88. The highest BCUT2D eigenvalue weighted by molar-refractivity contribution is 5.99. The van der Waals surface area contributed by atoms with E-state index in [0.717, 1.165) is 62.1 Å². The molecule has 0 N–H and O–H groups in total. The van der Waals surface area contributed by atoms with Gasteiger partial charge in [0.1, 0.15) is 11.6 Å². The summed E-state index contributed by atoms with van der Waals surface area (Å²) in [5.74, 6) is 1.98. The van der Waals surface area contributed by atoms with Crippen molar-refractivity contribution in [2.24, 2.45) is 0 Å². The van der Waals surface area contributed by atoms with Gasteiger partial charge in [0.15, 0.2) is 0 Å². The minimum absolute atomic E-state index is 0.0570. The van der Waals surface area contributed by atoms with Crippen molar-refractivity contribution < 1.29 is 14.3 Å². The van der Waals surface area contributed by atoms with Crippen LogP contribution in [0.2, 0.25) is 0 Å². The summed E-state index contributed by atoms with van der Waals surface area (Å²) in [7, 11) is 3.78. The number of morpholine rings is 1. The summed E-state index contributed by atoms with van der Waals surface area (Å²) in [5.41, 5.74) is 3.67. The number of rotatable bonds is 5. The van der Waals surface area contributed by atoms with Gasteiger partial charge in [-0.1, -0.05) is 19.9 Å². The van der Waals surface area contributed by atoms with Crippen LogP contribution in [0.4, 0.5) is 5.82 Å². The molecule has 1 aromatic carbocycles. The lowest BCUT2D eigenvalue weighted by Crippen LogP contribution is -2.47. The normalized spacial score (nSPS) is 17.7. The first-order valence-corrected chi connectivity index (χ1v) is 11.5. The van der Waals surface area contributed by atoms with Gasteiger partial charge in [-0.25, -0.2) is 4.98 Å². The molecule has 3 heterocycles. The molecule has 0 atom stereocenters. The molecule has 2 aliphatic rings. The Balaban J connectivity index is 1.75. The first-order valence-electron chi connectivity index (χ1n) is 11.5. The van der Waals surface area contributed by atoms with Crippen molar-refractivity contribution in [3.63, 3.8) is 0 Å². The second kappa shape index (κ2) is 9.88. The molecule has 2 aromatic rings. The van der Waals surface area contributed by atoms with Gasteiger partial charge in [0, 0.05) is 44.8 Å². The van der Waals surface area contributed by atoms with E-state index in [2.05, 4.69) is 42.8 Å². The molecule has 1 amide bonds. The van der Waals surface area contributed by atoms with Crippen LogP contribution in [0.5, 0.6) is 5.75 Å². The average Bonchev–Trinajstić information content (AvgIpc) is 2.83. The fourth-order valence-corrected chi connectivity index (χ4v) is 4.25. The van der Waals surface area contributed by atoms with E-state index in [4.69, 9.17) is 14.5 Å². The second-order valence-corrected chi connectivity index (χ2v) is 8.88. The van der Waals surface area contributed by atoms with Crippen molar-refractivity contribution in [3.05, 3.63) is 41.5 Å². The minimum Gasteiger partial charge on any atom is -0.496 e. The molecule has 32 heavy (non-hydrogen) atoms. The van der Waals surface area contributed by atoms with Crippen LogP contribution in [0.3, 0.4) is 0 Å². The first kappa shape index (κ1) is 22.6. The quantitative estimate of drug-likeness (QED) is 0.715. The third-order valence-electron chi connectivity index (χ3n) is 6.37. The summed E-state index contributed by atoms with van der Waals surface area (Å²) in [6.07, 6.45) is 0. The number of hydrogen-bond acceptors (Lipinski definition) is 6. The van der Waals surface area contributed by atoms with Gasteiger partial charge in [0.25, 0.3) is 5.91 Å². The molecule has 0 bridgehead atoms. The Labute approximate surface area is 190 Å². The number of nitrogens with zero attached hydrogens (tertiary/aromatic N) is 4. The van der Waals surface area contributed by atoms with Crippen molar-refractivity contribution >= 4 is 11.7 Å². The maximum Gasteiger partial charge on any atom is 0.257 e. The lowest BCUT2D eigenvalue weighted by atomic mass is 9.98. The van der Waals surface area contributed by atoms with E-state index in [-0.39, 0.29) is 5.91 Å². The molecule has 7 nitrogen and oxygen atoms in total. The fourth-order valence-electron chi connectivity index (χ4n) is 4.25. The number of benzene rings is 1. The number of amides is 1. The van der Waals surface area contributed by atoms with E-state index in [1.807, 2.05) is 23.1 Å². The van der Waals surface area contributed by atoms with E-state index in [0.29, 0.717) is 24.7 Å². The van der Waals surface area contributed by atoms with Gasteiger partial charge in [-0.3, -0.25) is 4.79 Å². The lowest BCUT2D eigenvalue weighted by molar-refractivity contribution is 0.0663. The molecular formula is C25H34N4O3. The van der Waals surface area contributed by atoms with Crippen LogP contribution >= 0.6 is 0 Å². The molecule has 0 radical (unpaired) electrons. The molecule has 0 unspecified atom stereocenters. The Morgan fingerprint density at radius 2 is 1.75 bits per heavy atom. The standard InChI is InChI=1S/C25H34N4O3/c1-18(2)19-5-8-23(31-4)21(17-19)22-7-6-20(24(26-22)28-13-15-32-16-14-28)25(30)29-11-9-27(3)10-12-29/h5-8,17-18H,9-16H2,1-4H3. The van der Waals surface area contributed by atoms with Crippen LogP contribution in [-0.2, 0) is 4.74 Å². The predicted molar refractivity (Wildman–Crippen MR) is 127 cm³/mol. The topological polar surface area (TPSA) is 58.1 Å². The van der Waals surface area contributed by atoms with Crippen molar-refractivity contribution in [1.82, 2.24) is 14.8 Å². The third kappa shape index (κ3) is 4.74. The van der Waals surface area contributed by atoms with Crippen molar-refractivity contribution in [2.75, 3.05) is 71.5 Å². The Morgan fingerprint density at radius 1 is 1.03 bits per heavy atom. The molecule has 2 aliphatic heterocycles. The smallest absolute Gasteiger partial charge is 0.257 e. The minimum atomic E-state index is 0.0570. The monoisotopic (exact) mass is 438 g/mol. The average molecular weight is 439 g/mol. The number of piperazine rings is 1. The summed E-state index contributed by atoms with van der Waals surface area (Å²) in [5, 5.41) is 0. The van der Waals surface area contributed by atoms with Crippen molar-refractivity contribution in [1.29, 1.82) is 0 Å². The van der Waals surface area contributed by atoms with Crippen LogP contribution in [0.1, 0.15) is 35.7 Å². The number of hydrogen-bond donors (Lipinski definition) is 0. The van der Waals surface area contributed by atoms with Crippen molar-refractivity contribution in [3.8, 4) is 17.0 Å². The van der Waals surface area contributed by atoms with Crippen LogP contribution in [-0.4, -0.2) is 87.3 Å². The van der Waals surface area contributed by atoms with Gasteiger partial charge in [0.2, 0.25) is 0 Å². The van der Waals surface area contributed by atoms with E-state index >= 15 is 0 Å². The van der Waals surface area contributed by atoms with Crippen LogP contribution in [0.25, 0.3) is 11.3 Å². The van der Waals surface area contributed by atoms with E-state index in [1.165, 1.54) is 5.56 Å². The number of pyridine rings is 1. The number of aromatic nitrogens is 1. The zero-order chi connectivity index (χ0) is 22.7. The van der Waals surface area contributed by atoms with Gasteiger partial charge in [-0.05, 0) is 42.8 Å².